The average Bonchev–Trinajstić information content (AvgIpc) is 2.87. The zero-order valence-corrected chi connectivity index (χ0v) is 12.2. The van der Waals surface area contributed by atoms with Gasteiger partial charge in [0.15, 0.2) is 5.13 Å². The number of hydrogen-bond acceptors (Lipinski definition) is 6. The van der Waals surface area contributed by atoms with Crippen LogP contribution in [0.3, 0.4) is 0 Å². The van der Waals surface area contributed by atoms with E-state index < -0.39 is 16.0 Å². The van der Waals surface area contributed by atoms with Gasteiger partial charge in [-0.2, -0.15) is 0 Å². The van der Waals surface area contributed by atoms with Gasteiger partial charge in [0.25, 0.3) is 10.0 Å². The van der Waals surface area contributed by atoms with Crippen LogP contribution in [0, 0.1) is 6.92 Å². The summed E-state index contributed by atoms with van der Waals surface area (Å²) in [5.41, 5.74) is 0.737. The van der Waals surface area contributed by atoms with E-state index >= 15 is 0 Å². The van der Waals surface area contributed by atoms with Crippen molar-refractivity contribution in [3.63, 3.8) is 0 Å². The number of sulfonamides is 1. The molecule has 0 saturated heterocycles. The van der Waals surface area contributed by atoms with Gasteiger partial charge in [0, 0.05) is 10.3 Å². The zero-order chi connectivity index (χ0) is 14.0. The molecule has 0 unspecified atom stereocenters. The summed E-state index contributed by atoms with van der Waals surface area (Å²) in [5.74, 6) is -0.991. The molecule has 0 spiro atoms. The maximum atomic E-state index is 12.0. The van der Waals surface area contributed by atoms with E-state index in [1.165, 1.54) is 23.5 Å². The maximum Gasteiger partial charge on any atom is 0.308 e. The first-order valence-electron chi connectivity index (χ1n) is 5.12. The lowest BCUT2D eigenvalue weighted by Crippen LogP contribution is -2.11. The third-order valence-corrected chi connectivity index (χ3v) is 5.99. The molecule has 0 aromatic carbocycles. The van der Waals surface area contributed by atoms with Gasteiger partial charge in [-0.15, -0.1) is 22.7 Å². The second-order valence-corrected chi connectivity index (χ2v) is 7.63. The number of carboxylic acids is 1. The molecule has 0 fully saturated rings. The molecular formula is C10H10N2O4S3. The van der Waals surface area contributed by atoms with E-state index in [0.29, 0.717) is 10.0 Å². The minimum Gasteiger partial charge on any atom is -0.481 e. The van der Waals surface area contributed by atoms with Crippen LogP contribution in [0.15, 0.2) is 21.7 Å². The van der Waals surface area contributed by atoms with Crippen molar-refractivity contribution in [2.45, 2.75) is 17.6 Å². The van der Waals surface area contributed by atoms with Gasteiger partial charge >= 0.3 is 5.97 Å². The Bertz CT molecular complexity index is 702. The van der Waals surface area contributed by atoms with Gasteiger partial charge in [0.05, 0.1) is 12.1 Å². The monoisotopic (exact) mass is 318 g/mol. The normalized spacial score (nSPS) is 11.4. The molecular weight excluding hydrogens is 308 g/mol. The highest BCUT2D eigenvalue weighted by Crippen LogP contribution is 2.25. The van der Waals surface area contributed by atoms with Crippen LogP contribution in [-0.2, 0) is 21.2 Å². The largest absolute Gasteiger partial charge is 0.481 e. The first-order valence-corrected chi connectivity index (χ1v) is 8.30. The van der Waals surface area contributed by atoms with E-state index in [-0.39, 0.29) is 10.6 Å². The van der Waals surface area contributed by atoms with Crippen molar-refractivity contribution in [3.8, 4) is 0 Å². The molecule has 0 amide bonds. The van der Waals surface area contributed by atoms with Gasteiger partial charge in [-0.05, 0) is 19.1 Å². The van der Waals surface area contributed by atoms with Crippen LogP contribution in [0.1, 0.15) is 10.6 Å². The van der Waals surface area contributed by atoms with Crippen LogP contribution in [0.5, 0.6) is 0 Å². The highest BCUT2D eigenvalue weighted by atomic mass is 32.2. The SMILES string of the molecule is Cc1csc(NS(=O)(=O)c2ccc(CC(=O)O)s2)n1. The van der Waals surface area contributed by atoms with Gasteiger partial charge in [-0.25, -0.2) is 13.4 Å². The smallest absolute Gasteiger partial charge is 0.308 e. The Morgan fingerprint density at radius 1 is 1.47 bits per heavy atom. The Labute approximate surface area is 117 Å². The fourth-order valence-electron chi connectivity index (χ4n) is 1.31. The number of hydrogen-bond donors (Lipinski definition) is 2. The standard InChI is InChI=1S/C10H10N2O4S3/c1-6-5-17-10(11-6)12-19(15,16)9-3-2-7(18-9)4-8(13)14/h2-3,5H,4H2,1H3,(H,11,12)(H,13,14). The number of nitrogens with one attached hydrogen (secondary N) is 1. The van der Waals surface area contributed by atoms with E-state index in [0.717, 1.165) is 17.0 Å². The predicted octanol–water partition coefficient (Wildman–Crippen LogP) is 1.94. The Hall–Kier alpha value is -1.45. The number of carboxylic acid groups (broad SMARTS) is 1. The topological polar surface area (TPSA) is 96.4 Å². The summed E-state index contributed by atoms with van der Waals surface area (Å²) < 4.78 is 26.5. The van der Waals surface area contributed by atoms with Crippen molar-refractivity contribution in [3.05, 3.63) is 28.1 Å². The Morgan fingerprint density at radius 3 is 2.79 bits per heavy atom. The number of aryl methyl sites for hydroxylation is 1. The van der Waals surface area contributed by atoms with Gasteiger partial charge < -0.3 is 5.11 Å². The molecule has 0 aliphatic carbocycles. The predicted molar refractivity (Wildman–Crippen MR) is 73.3 cm³/mol. The van der Waals surface area contributed by atoms with Crippen LogP contribution >= 0.6 is 22.7 Å². The second kappa shape index (κ2) is 5.27. The first-order chi connectivity index (χ1) is 8.87. The highest BCUT2D eigenvalue weighted by molar-refractivity contribution is 7.94. The van der Waals surface area contributed by atoms with Crippen LogP contribution in [0.4, 0.5) is 5.13 Å². The number of carbonyl (C=O) groups is 1. The quantitative estimate of drug-likeness (QED) is 0.878. The summed E-state index contributed by atoms with van der Waals surface area (Å²) in [6, 6.07) is 2.90. The third-order valence-electron chi connectivity index (χ3n) is 2.07. The van der Waals surface area contributed by atoms with Crippen molar-refractivity contribution in [1.82, 2.24) is 4.98 Å². The summed E-state index contributed by atoms with van der Waals surface area (Å²) in [6.45, 7) is 1.77. The van der Waals surface area contributed by atoms with Gasteiger partial charge in [0.1, 0.15) is 4.21 Å². The maximum absolute atomic E-state index is 12.0. The molecule has 2 N–H and O–H groups in total. The molecule has 9 heteroatoms. The summed E-state index contributed by atoms with van der Waals surface area (Å²) in [6.07, 6.45) is -0.184. The minimum atomic E-state index is -3.69. The Balaban J connectivity index is 2.19. The lowest BCUT2D eigenvalue weighted by atomic mass is 10.3. The molecule has 0 atom stereocenters. The summed E-state index contributed by atoms with van der Waals surface area (Å²) in [4.78, 5) is 15.1. The molecule has 19 heavy (non-hydrogen) atoms. The van der Waals surface area contributed by atoms with Crippen LogP contribution in [-0.4, -0.2) is 24.5 Å². The molecule has 0 aliphatic rings. The third kappa shape index (κ3) is 3.52. The fourth-order valence-corrected chi connectivity index (χ4v) is 4.60. The first kappa shape index (κ1) is 14.0. The summed E-state index contributed by atoms with van der Waals surface area (Å²) in [7, 11) is -3.69. The van der Waals surface area contributed by atoms with E-state index in [4.69, 9.17) is 5.11 Å². The van der Waals surface area contributed by atoms with Crippen molar-refractivity contribution in [2.75, 3.05) is 4.72 Å². The minimum absolute atomic E-state index is 0.0802. The van der Waals surface area contributed by atoms with Gasteiger partial charge in [-0.3, -0.25) is 9.52 Å². The molecule has 6 nitrogen and oxygen atoms in total. The Morgan fingerprint density at radius 2 is 2.21 bits per heavy atom. The van der Waals surface area contributed by atoms with E-state index in [9.17, 15) is 13.2 Å². The van der Waals surface area contributed by atoms with Crippen molar-refractivity contribution >= 4 is 43.8 Å². The molecule has 102 valence electrons. The number of anilines is 1. The molecule has 0 radical (unpaired) electrons. The lowest BCUT2D eigenvalue weighted by molar-refractivity contribution is -0.136. The van der Waals surface area contributed by atoms with Crippen LogP contribution in [0.2, 0.25) is 0 Å². The van der Waals surface area contributed by atoms with E-state index in [1.807, 2.05) is 0 Å². The molecule has 2 rings (SSSR count). The van der Waals surface area contributed by atoms with Crippen LogP contribution in [0.25, 0.3) is 0 Å². The fraction of sp³-hybridized carbons (Fsp3) is 0.200. The molecule has 0 saturated carbocycles. The number of rotatable bonds is 5. The Kier molecular flexibility index (Phi) is 3.88. The number of nitrogens with zero attached hydrogens (tertiary/aromatic N) is 1. The molecule has 2 heterocycles. The molecule has 0 aliphatic heterocycles. The average molecular weight is 318 g/mol. The number of thiazole rings is 1. The van der Waals surface area contributed by atoms with E-state index in [1.54, 1.807) is 12.3 Å². The summed E-state index contributed by atoms with van der Waals surface area (Å²) >= 11 is 2.14. The lowest BCUT2D eigenvalue weighted by Gasteiger charge is -2.01. The van der Waals surface area contributed by atoms with Crippen molar-refractivity contribution in [1.29, 1.82) is 0 Å². The van der Waals surface area contributed by atoms with Crippen molar-refractivity contribution in [2.24, 2.45) is 0 Å². The molecule has 0 bridgehead atoms. The molecule has 2 aromatic heterocycles. The number of thiophene rings is 1. The number of aromatic nitrogens is 1. The van der Waals surface area contributed by atoms with Crippen molar-refractivity contribution < 1.29 is 18.3 Å². The van der Waals surface area contributed by atoms with Gasteiger partial charge in [0.2, 0.25) is 0 Å². The van der Waals surface area contributed by atoms with Crippen LogP contribution < -0.4 is 4.72 Å². The second-order valence-electron chi connectivity index (χ2n) is 3.69. The van der Waals surface area contributed by atoms with E-state index in [2.05, 4.69) is 9.71 Å². The van der Waals surface area contributed by atoms with Gasteiger partial charge in [-0.1, -0.05) is 0 Å². The molecule has 2 aromatic rings. The number of aliphatic carboxylic acids is 1. The summed E-state index contributed by atoms with van der Waals surface area (Å²) in [5, 5.41) is 10.7. The highest BCUT2D eigenvalue weighted by Gasteiger charge is 2.19. The zero-order valence-electron chi connectivity index (χ0n) is 9.78.